The molecule has 4 fully saturated rings. The second kappa shape index (κ2) is 11.9. The first-order chi connectivity index (χ1) is 16.4. The highest BCUT2D eigenvalue weighted by atomic mass is 16.4. The van der Waals surface area contributed by atoms with E-state index in [0.29, 0.717) is 11.3 Å². The summed E-state index contributed by atoms with van der Waals surface area (Å²) < 4.78 is 0. The fraction of sp³-hybridized carbons (Fsp3) is 0.679. The second-order valence-electron chi connectivity index (χ2n) is 11.1. The number of oxime groups is 3. The summed E-state index contributed by atoms with van der Waals surface area (Å²) in [6, 6.07) is 10.6. The Balaban J connectivity index is 0.000000148. The highest BCUT2D eigenvalue weighted by Crippen LogP contribution is 2.63. The van der Waals surface area contributed by atoms with Crippen molar-refractivity contribution in [2.75, 3.05) is 0 Å². The Morgan fingerprint density at radius 2 is 1.32 bits per heavy atom. The van der Waals surface area contributed by atoms with Crippen molar-refractivity contribution in [2.45, 2.75) is 104 Å². The summed E-state index contributed by atoms with van der Waals surface area (Å²) in [6.45, 7) is 6.86. The highest BCUT2D eigenvalue weighted by Gasteiger charge is 2.60. The summed E-state index contributed by atoms with van der Waals surface area (Å²) in [4.78, 5) is 0. The van der Waals surface area contributed by atoms with E-state index in [1.54, 1.807) is 0 Å². The molecule has 0 aliphatic heterocycles. The van der Waals surface area contributed by atoms with Gasteiger partial charge >= 0.3 is 0 Å². The van der Waals surface area contributed by atoms with Gasteiger partial charge in [-0.05, 0) is 93.4 Å². The van der Waals surface area contributed by atoms with Crippen LogP contribution >= 0.6 is 0 Å². The normalized spacial score (nSPS) is 30.6. The van der Waals surface area contributed by atoms with Gasteiger partial charge in [0.15, 0.2) is 0 Å². The Hall–Kier alpha value is -2.37. The summed E-state index contributed by atoms with van der Waals surface area (Å²) >= 11 is 0. The lowest BCUT2D eigenvalue weighted by molar-refractivity contribution is 0.190. The monoisotopic (exact) mass is 469 g/mol. The minimum Gasteiger partial charge on any atom is -0.411 e. The van der Waals surface area contributed by atoms with E-state index in [1.807, 2.05) is 6.07 Å². The summed E-state index contributed by atoms with van der Waals surface area (Å²) in [5.41, 5.74) is 4.91. The third kappa shape index (κ3) is 5.81. The molecule has 1 aromatic rings. The summed E-state index contributed by atoms with van der Waals surface area (Å²) in [7, 11) is 0. The van der Waals surface area contributed by atoms with Crippen molar-refractivity contribution in [3.8, 4) is 0 Å². The molecule has 0 saturated heterocycles. The Bertz CT molecular complexity index is 860. The van der Waals surface area contributed by atoms with Crippen LogP contribution < -0.4 is 0 Å². The van der Waals surface area contributed by atoms with E-state index in [9.17, 15) is 0 Å². The Morgan fingerprint density at radius 1 is 0.735 bits per heavy atom. The van der Waals surface area contributed by atoms with E-state index >= 15 is 0 Å². The maximum absolute atomic E-state index is 8.87. The van der Waals surface area contributed by atoms with Crippen LogP contribution in [-0.2, 0) is 0 Å². The third-order valence-electron chi connectivity index (χ3n) is 9.18. The van der Waals surface area contributed by atoms with Gasteiger partial charge in [0.25, 0.3) is 0 Å². The smallest absolute Gasteiger partial charge is 0.0638 e. The standard InChI is InChI=1S/C12H15NO.C10H17NO.C6H11NO/c14-13-12-8-6-11(7-9-12)10-4-2-1-3-5-10;1-9(2)7-4-5-10(9,3)8(6-7)11-12;8-7-6-4-2-1-3-5-6/h1-5,11,14H,6-9H2;7,12H,4-6H2,1-3H3;8H,1-5H2/b;11-8-;. The molecule has 4 aliphatic carbocycles. The quantitative estimate of drug-likeness (QED) is 0.291. The lowest BCUT2D eigenvalue weighted by atomic mass is 9.70. The fourth-order valence-corrected chi connectivity index (χ4v) is 6.25. The number of nitrogens with zero attached hydrogens (tertiary/aromatic N) is 3. The van der Waals surface area contributed by atoms with Crippen LogP contribution in [-0.4, -0.2) is 32.8 Å². The molecular formula is C28H43N3O3. The second-order valence-corrected chi connectivity index (χ2v) is 11.1. The summed E-state index contributed by atoms with van der Waals surface area (Å²) in [5, 5.41) is 35.7. The van der Waals surface area contributed by atoms with Crippen LogP contribution in [0.15, 0.2) is 45.8 Å². The van der Waals surface area contributed by atoms with Gasteiger partial charge in [0.05, 0.1) is 17.1 Å². The van der Waals surface area contributed by atoms with Crippen LogP contribution in [0.1, 0.15) is 109 Å². The van der Waals surface area contributed by atoms with Crippen LogP contribution in [0.4, 0.5) is 0 Å². The third-order valence-corrected chi connectivity index (χ3v) is 9.18. The average molecular weight is 470 g/mol. The van der Waals surface area contributed by atoms with E-state index in [-0.39, 0.29) is 5.41 Å². The highest BCUT2D eigenvalue weighted by molar-refractivity contribution is 5.93. The van der Waals surface area contributed by atoms with E-state index < -0.39 is 0 Å². The van der Waals surface area contributed by atoms with Crippen molar-refractivity contribution in [2.24, 2.45) is 32.2 Å². The minimum absolute atomic E-state index is 0.173. The number of hydrogen-bond acceptors (Lipinski definition) is 6. The van der Waals surface area contributed by atoms with Gasteiger partial charge in [-0.1, -0.05) is 73.0 Å². The van der Waals surface area contributed by atoms with E-state index in [1.165, 1.54) is 37.7 Å². The predicted octanol–water partition coefficient (Wildman–Crippen LogP) is 7.62. The van der Waals surface area contributed by atoms with Gasteiger partial charge in [-0.2, -0.15) is 0 Å². The fourth-order valence-electron chi connectivity index (χ4n) is 6.25. The van der Waals surface area contributed by atoms with Crippen molar-refractivity contribution < 1.29 is 15.6 Å². The first-order valence-electron chi connectivity index (χ1n) is 13.0. The maximum Gasteiger partial charge on any atom is 0.0638 e. The van der Waals surface area contributed by atoms with Crippen molar-refractivity contribution in [3.05, 3.63) is 35.9 Å². The molecule has 6 heteroatoms. The molecule has 1 aromatic carbocycles. The molecule has 2 unspecified atom stereocenters. The molecule has 6 nitrogen and oxygen atoms in total. The molecule has 4 aliphatic rings. The molecular weight excluding hydrogens is 426 g/mol. The number of benzene rings is 1. The van der Waals surface area contributed by atoms with Crippen LogP contribution in [0, 0.1) is 16.7 Å². The Kier molecular flexibility index (Phi) is 9.15. The number of fused-ring (bicyclic) bond motifs is 2. The van der Waals surface area contributed by atoms with Gasteiger partial charge in [-0.15, -0.1) is 0 Å². The zero-order valence-corrected chi connectivity index (χ0v) is 21.2. The van der Waals surface area contributed by atoms with Gasteiger partial charge in [0.1, 0.15) is 0 Å². The first kappa shape index (κ1) is 26.2. The zero-order valence-electron chi connectivity index (χ0n) is 21.2. The maximum atomic E-state index is 8.87. The van der Waals surface area contributed by atoms with Crippen LogP contribution in [0.3, 0.4) is 0 Å². The molecule has 2 bridgehead atoms. The summed E-state index contributed by atoms with van der Waals surface area (Å²) in [5.74, 6) is 1.40. The lowest BCUT2D eigenvalue weighted by Crippen LogP contribution is -2.32. The van der Waals surface area contributed by atoms with E-state index in [2.05, 4.69) is 60.5 Å². The molecule has 0 heterocycles. The van der Waals surface area contributed by atoms with E-state index in [4.69, 9.17) is 15.6 Å². The summed E-state index contributed by atoms with van der Waals surface area (Å²) in [6.07, 6.45) is 13.4. The lowest BCUT2D eigenvalue weighted by Gasteiger charge is -2.33. The van der Waals surface area contributed by atoms with Crippen LogP contribution in [0.25, 0.3) is 0 Å². The zero-order chi connectivity index (χ0) is 24.6. The molecule has 3 N–H and O–H groups in total. The van der Waals surface area contributed by atoms with Crippen molar-refractivity contribution >= 4 is 17.1 Å². The van der Waals surface area contributed by atoms with Crippen molar-refractivity contribution in [3.63, 3.8) is 0 Å². The molecule has 0 aromatic heterocycles. The van der Waals surface area contributed by atoms with Crippen molar-refractivity contribution in [1.29, 1.82) is 0 Å². The number of hydrogen-bond donors (Lipinski definition) is 3. The molecule has 0 spiro atoms. The van der Waals surface area contributed by atoms with Crippen molar-refractivity contribution in [1.82, 2.24) is 0 Å². The van der Waals surface area contributed by atoms with Gasteiger partial charge in [-0.3, -0.25) is 0 Å². The average Bonchev–Trinajstić information content (AvgIpc) is 3.24. The molecule has 34 heavy (non-hydrogen) atoms. The Morgan fingerprint density at radius 3 is 1.74 bits per heavy atom. The van der Waals surface area contributed by atoms with Crippen LogP contribution in [0.2, 0.25) is 0 Å². The topological polar surface area (TPSA) is 97.8 Å². The molecule has 0 radical (unpaired) electrons. The van der Waals surface area contributed by atoms with Gasteiger partial charge in [-0.25, -0.2) is 0 Å². The van der Waals surface area contributed by atoms with Gasteiger partial charge in [0.2, 0.25) is 0 Å². The predicted molar refractivity (Wildman–Crippen MR) is 138 cm³/mol. The van der Waals surface area contributed by atoms with Gasteiger partial charge in [0, 0.05) is 5.41 Å². The molecule has 5 rings (SSSR count). The molecule has 2 atom stereocenters. The molecule has 0 amide bonds. The first-order valence-corrected chi connectivity index (χ1v) is 13.0. The molecule has 188 valence electrons. The largest absolute Gasteiger partial charge is 0.411 e. The molecule has 4 saturated carbocycles. The Labute approximate surface area is 204 Å². The minimum atomic E-state index is 0.173. The SMILES string of the molecule is CC12CCC(C/C1=N/O)C2(C)C.ON=C1CCC(c2ccccc2)CC1.ON=C1CCCCC1. The van der Waals surface area contributed by atoms with Crippen LogP contribution in [0.5, 0.6) is 0 Å². The number of rotatable bonds is 1. The van der Waals surface area contributed by atoms with Gasteiger partial charge < -0.3 is 15.6 Å². The van der Waals surface area contributed by atoms with E-state index in [0.717, 1.165) is 68.0 Å².